The number of amides is 1. The van der Waals surface area contributed by atoms with E-state index in [0.29, 0.717) is 17.3 Å². The van der Waals surface area contributed by atoms with Crippen LogP contribution in [0.15, 0.2) is 24.3 Å². The Labute approximate surface area is 135 Å². The number of hydrogen-bond donors (Lipinski definition) is 3. The Bertz CT molecular complexity index is 509. The van der Waals surface area contributed by atoms with E-state index in [4.69, 9.17) is 11.6 Å². The Kier molecular flexibility index (Phi) is 7.87. The molecule has 1 aromatic carbocycles. The van der Waals surface area contributed by atoms with E-state index in [9.17, 15) is 14.7 Å². The summed E-state index contributed by atoms with van der Waals surface area (Å²) in [4.78, 5) is 25.2. The van der Waals surface area contributed by atoms with Crippen LogP contribution in [0, 0.1) is 0 Å². The normalized spacial score (nSPS) is 12.2. The first-order valence-electron chi connectivity index (χ1n) is 7.05. The monoisotopic (exact) mass is 327 g/mol. The predicted octanol–water partition coefficient (Wildman–Crippen LogP) is 1.66. The first kappa shape index (κ1) is 18.4. The van der Waals surface area contributed by atoms with Crippen molar-refractivity contribution in [2.75, 3.05) is 32.5 Å². The van der Waals surface area contributed by atoms with E-state index in [2.05, 4.69) is 10.6 Å². The Morgan fingerprint density at radius 1 is 1.32 bits per heavy atom. The highest BCUT2D eigenvalue weighted by atomic mass is 35.5. The number of carboxylic acids is 1. The highest BCUT2D eigenvalue weighted by Gasteiger charge is 2.20. The minimum atomic E-state index is -1.04. The molecule has 0 bridgehead atoms. The molecule has 0 aliphatic rings. The van der Waals surface area contributed by atoms with Crippen molar-refractivity contribution < 1.29 is 14.7 Å². The first-order valence-corrected chi connectivity index (χ1v) is 7.43. The molecule has 0 fully saturated rings. The van der Waals surface area contributed by atoms with Gasteiger partial charge in [0.2, 0.25) is 5.91 Å². The summed E-state index contributed by atoms with van der Waals surface area (Å²) in [5, 5.41) is 15.1. The lowest BCUT2D eigenvalue weighted by molar-refractivity contribution is -0.141. The third-order valence-electron chi connectivity index (χ3n) is 3.01. The smallest absolute Gasteiger partial charge is 0.321 e. The van der Waals surface area contributed by atoms with E-state index in [1.807, 2.05) is 19.0 Å². The molecular formula is C15H22ClN3O3. The third-order valence-corrected chi connectivity index (χ3v) is 3.34. The number of anilines is 1. The summed E-state index contributed by atoms with van der Waals surface area (Å²) in [6.07, 6.45) is 0.658. The first-order chi connectivity index (χ1) is 10.4. The molecule has 0 heterocycles. The van der Waals surface area contributed by atoms with E-state index in [1.54, 1.807) is 24.3 Å². The highest BCUT2D eigenvalue weighted by molar-refractivity contribution is 6.33. The number of aliphatic carboxylic acids is 1. The minimum absolute atomic E-state index is 0.150. The maximum atomic E-state index is 11.9. The number of halogens is 1. The Morgan fingerprint density at radius 3 is 2.59 bits per heavy atom. The second-order valence-electron chi connectivity index (χ2n) is 5.23. The van der Waals surface area contributed by atoms with Crippen LogP contribution >= 0.6 is 11.6 Å². The second kappa shape index (κ2) is 9.40. The zero-order chi connectivity index (χ0) is 16.5. The molecule has 122 valence electrons. The molecule has 0 spiro atoms. The molecule has 22 heavy (non-hydrogen) atoms. The van der Waals surface area contributed by atoms with Crippen molar-refractivity contribution in [2.45, 2.75) is 18.9 Å². The standard InChI is InChI=1S/C15H22ClN3O3/c1-19(2)9-5-8-17-13(15(21)22)10-14(20)18-12-7-4-3-6-11(12)16/h3-4,6-7,13,17H,5,8-10H2,1-2H3,(H,18,20)(H,21,22). The van der Waals surface area contributed by atoms with Crippen molar-refractivity contribution in [3.63, 3.8) is 0 Å². The van der Waals surface area contributed by atoms with Crippen molar-refractivity contribution in [1.82, 2.24) is 10.2 Å². The van der Waals surface area contributed by atoms with Gasteiger partial charge in [0, 0.05) is 0 Å². The van der Waals surface area contributed by atoms with Crippen LogP contribution in [0.2, 0.25) is 5.02 Å². The SMILES string of the molecule is CN(C)CCCNC(CC(=O)Nc1ccccc1Cl)C(=O)O. The van der Waals surface area contributed by atoms with Crippen LogP contribution in [0.4, 0.5) is 5.69 Å². The van der Waals surface area contributed by atoms with E-state index in [0.717, 1.165) is 13.0 Å². The third kappa shape index (κ3) is 6.89. The molecule has 1 atom stereocenters. The van der Waals surface area contributed by atoms with Crippen molar-refractivity contribution >= 4 is 29.2 Å². The van der Waals surface area contributed by atoms with E-state index in [-0.39, 0.29) is 12.3 Å². The number of rotatable bonds is 9. The highest BCUT2D eigenvalue weighted by Crippen LogP contribution is 2.20. The maximum Gasteiger partial charge on any atom is 0.321 e. The molecule has 0 saturated carbocycles. The fraction of sp³-hybridized carbons (Fsp3) is 0.467. The molecule has 0 saturated heterocycles. The molecule has 0 aliphatic heterocycles. The van der Waals surface area contributed by atoms with Gasteiger partial charge in [-0.3, -0.25) is 9.59 Å². The lowest BCUT2D eigenvalue weighted by Crippen LogP contribution is -2.40. The molecule has 7 heteroatoms. The lowest BCUT2D eigenvalue weighted by atomic mass is 10.2. The summed E-state index contributed by atoms with van der Waals surface area (Å²) in [5.74, 6) is -1.43. The number of hydrogen-bond acceptors (Lipinski definition) is 4. The Morgan fingerprint density at radius 2 is 2.00 bits per heavy atom. The number of carboxylic acid groups (broad SMARTS) is 1. The molecule has 3 N–H and O–H groups in total. The van der Waals surface area contributed by atoms with Crippen molar-refractivity contribution in [1.29, 1.82) is 0 Å². The fourth-order valence-electron chi connectivity index (χ4n) is 1.87. The molecular weight excluding hydrogens is 306 g/mol. The quantitative estimate of drug-likeness (QED) is 0.601. The summed E-state index contributed by atoms with van der Waals surface area (Å²) < 4.78 is 0. The molecule has 1 aromatic rings. The molecule has 1 rings (SSSR count). The van der Waals surface area contributed by atoms with Crippen LogP contribution < -0.4 is 10.6 Å². The molecule has 1 unspecified atom stereocenters. The average Bonchev–Trinajstić information content (AvgIpc) is 2.44. The summed E-state index contributed by atoms with van der Waals surface area (Å²) in [6, 6.07) is 5.91. The van der Waals surface area contributed by atoms with Gasteiger partial charge in [-0.15, -0.1) is 0 Å². The van der Waals surface area contributed by atoms with Crippen LogP contribution in [0.3, 0.4) is 0 Å². The van der Waals surface area contributed by atoms with Crippen LogP contribution in [-0.4, -0.2) is 55.1 Å². The summed E-state index contributed by atoms with van der Waals surface area (Å²) in [5.41, 5.74) is 0.478. The zero-order valence-corrected chi connectivity index (χ0v) is 13.6. The van der Waals surface area contributed by atoms with E-state index >= 15 is 0 Å². The summed E-state index contributed by atoms with van der Waals surface area (Å²) in [7, 11) is 3.90. The van der Waals surface area contributed by atoms with Gasteiger partial charge in [-0.1, -0.05) is 23.7 Å². The lowest BCUT2D eigenvalue weighted by Gasteiger charge is -2.16. The van der Waals surface area contributed by atoms with Crippen molar-refractivity contribution in [3.05, 3.63) is 29.3 Å². The van der Waals surface area contributed by atoms with Crippen LogP contribution in [0.1, 0.15) is 12.8 Å². The largest absolute Gasteiger partial charge is 0.480 e. The molecule has 6 nitrogen and oxygen atoms in total. The fourth-order valence-corrected chi connectivity index (χ4v) is 2.05. The summed E-state index contributed by atoms with van der Waals surface area (Å²) >= 11 is 5.95. The number of benzene rings is 1. The van der Waals surface area contributed by atoms with Gasteiger partial charge in [0.25, 0.3) is 0 Å². The number of nitrogens with one attached hydrogen (secondary N) is 2. The van der Waals surface area contributed by atoms with Crippen LogP contribution in [0.5, 0.6) is 0 Å². The topological polar surface area (TPSA) is 81.7 Å². The van der Waals surface area contributed by atoms with Gasteiger partial charge in [-0.2, -0.15) is 0 Å². The van der Waals surface area contributed by atoms with Gasteiger partial charge in [-0.05, 0) is 45.7 Å². The van der Waals surface area contributed by atoms with Gasteiger partial charge in [0.05, 0.1) is 17.1 Å². The van der Waals surface area contributed by atoms with Gasteiger partial charge in [-0.25, -0.2) is 0 Å². The number of para-hydroxylation sites is 1. The molecule has 0 aliphatic carbocycles. The predicted molar refractivity (Wildman–Crippen MR) is 87.3 cm³/mol. The number of carbonyl (C=O) groups is 2. The van der Waals surface area contributed by atoms with Crippen LogP contribution in [-0.2, 0) is 9.59 Å². The molecule has 1 amide bonds. The van der Waals surface area contributed by atoms with E-state index < -0.39 is 12.0 Å². The minimum Gasteiger partial charge on any atom is -0.480 e. The molecule has 0 aromatic heterocycles. The summed E-state index contributed by atoms with van der Waals surface area (Å²) in [6.45, 7) is 1.39. The second-order valence-corrected chi connectivity index (χ2v) is 5.64. The van der Waals surface area contributed by atoms with Gasteiger partial charge in [0.1, 0.15) is 6.04 Å². The Hall–Kier alpha value is -1.63. The maximum absolute atomic E-state index is 11.9. The number of nitrogens with zero attached hydrogens (tertiary/aromatic N) is 1. The van der Waals surface area contributed by atoms with Gasteiger partial charge >= 0.3 is 5.97 Å². The average molecular weight is 328 g/mol. The van der Waals surface area contributed by atoms with E-state index in [1.165, 1.54) is 0 Å². The zero-order valence-electron chi connectivity index (χ0n) is 12.8. The molecule has 0 radical (unpaired) electrons. The van der Waals surface area contributed by atoms with Gasteiger partial charge in [0.15, 0.2) is 0 Å². The van der Waals surface area contributed by atoms with Crippen molar-refractivity contribution in [3.8, 4) is 0 Å². The van der Waals surface area contributed by atoms with Crippen LogP contribution in [0.25, 0.3) is 0 Å². The van der Waals surface area contributed by atoms with Gasteiger partial charge < -0.3 is 20.6 Å². The Balaban J connectivity index is 2.47. The van der Waals surface area contributed by atoms with Crippen molar-refractivity contribution in [2.24, 2.45) is 0 Å². The number of carbonyl (C=O) groups excluding carboxylic acids is 1.